The Hall–Kier alpha value is -2.26. The van der Waals surface area contributed by atoms with Crippen molar-refractivity contribution in [3.63, 3.8) is 0 Å². The molecule has 9 heteroatoms. The van der Waals surface area contributed by atoms with Gasteiger partial charge in [-0.05, 0) is 25.6 Å². The molecule has 2 aliphatic heterocycles. The van der Waals surface area contributed by atoms with Crippen LogP contribution in [0.1, 0.15) is 27.1 Å². The maximum absolute atomic E-state index is 12.1. The Bertz CT molecular complexity index is 784. The molecule has 1 aromatic rings. The van der Waals surface area contributed by atoms with E-state index in [-0.39, 0.29) is 35.2 Å². The number of sulfone groups is 1. The highest BCUT2D eigenvalue weighted by molar-refractivity contribution is 7.91. The third kappa shape index (κ3) is 3.04. The van der Waals surface area contributed by atoms with Crippen LogP contribution in [0.4, 0.5) is 0 Å². The van der Waals surface area contributed by atoms with E-state index in [0.717, 1.165) is 0 Å². The highest BCUT2D eigenvalue weighted by Gasteiger charge is 2.39. The van der Waals surface area contributed by atoms with E-state index < -0.39 is 27.6 Å². The fourth-order valence-electron chi connectivity index (χ4n) is 2.84. The molecule has 0 N–H and O–H groups in total. The summed E-state index contributed by atoms with van der Waals surface area (Å²) in [5.74, 6) is -2.08. The van der Waals surface area contributed by atoms with Crippen molar-refractivity contribution in [3.8, 4) is 0 Å². The van der Waals surface area contributed by atoms with Gasteiger partial charge in [-0.15, -0.1) is 0 Å². The molecule has 1 unspecified atom stereocenters. The van der Waals surface area contributed by atoms with Gasteiger partial charge in [0.2, 0.25) is 0 Å². The SMILES string of the molecule is CN(CC(=O)ON1C(=O)c2ccccc2C1=O)C1CCS(=O)(=O)C1. The number of rotatable bonds is 4. The Morgan fingerprint density at radius 1 is 1.25 bits per heavy atom. The van der Waals surface area contributed by atoms with Gasteiger partial charge < -0.3 is 4.84 Å². The van der Waals surface area contributed by atoms with Crippen molar-refractivity contribution in [2.24, 2.45) is 0 Å². The second-order valence-corrected chi connectivity index (χ2v) is 8.11. The maximum atomic E-state index is 12.1. The Kier molecular flexibility index (Phi) is 4.14. The van der Waals surface area contributed by atoms with Crippen molar-refractivity contribution in [3.05, 3.63) is 35.4 Å². The zero-order valence-electron chi connectivity index (χ0n) is 13.0. The molecule has 1 saturated heterocycles. The van der Waals surface area contributed by atoms with Gasteiger partial charge in [0, 0.05) is 6.04 Å². The van der Waals surface area contributed by atoms with Gasteiger partial charge in [-0.25, -0.2) is 13.2 Å². The minimum Gasteiger partial charge on any atom is -0.328 e. The van der Waals surface area contributed by atoms with Crippen LogP contribution in [0.25, 0.3) is 0 Å². The van der Waals surface area contributed by atoms with E-state index in [0.29, 0.717) is 11.5 Å². The number of carbonyl (C=O) groups excluding carboxylic acids is 3. The lowest BCUT2D eigenvalue weighted by Gasteiger charge is -2.22. The summed E-state index contributed by atoms with van der Waals surface area (Å²) < 4.78 is 23.0. The summed E-state index contributed by atoms with van der Waals surface area (Å²) in [5.41, 5.74) is 0.371. The maximum Gasteiger partial charge on any atom is 0.347 e. The van der Waals surface area contributed by atoms with Gasteiger partial charge in [0.1, 0.15) is 0 Å². The van der Waals surface area contributed by atoms with Crippen LogP contribution in [0, 0.1) is 0 Å². The number of hydroxylamine groups is 2. The minimum atomic E-state index is -3.06. The fraction of sp³-hybridized carbons (Fsp3) is 0.400. The van der Waals surface area contributed by atoms with E-state index in [4.69, 9.17) is 4.84 Å². The molecule has 2 heterocycles. The Balaban J connectivity index is 1.62. The molecule has 0 aromatic heterocycles. The number of hydrogen-bond acceptors (Lipinski definition) is 7. The molecule has 0 bridgehead atoms. The Morgan fingerprint density at radius 2 is 1.83 bits per heavy atom. The molecule has 24 heavy (non-hydrogen) atoms. The number of hydrogen-bond donors (Lipinski definition) is 0. The van der Waals surface area contributed by atoms with Gasteiger partial charge >= 0.3 is 5.97 Å². The lowest BCUT2D eigenvalue weighted by Crippen LogP contribution is -2.41. The molecule has 1 aromatic carbocycles. The largest absolute Gasteiger partial charge is 0.347 e. The minimum absolute atomic E-state index is 0.0101. The molecule has 2 aliphatic rings. The predicted molar refractivity (Wildman–Crippen MR) is 82.7 cm³/mol. The molecular weight excluding hydrogens is 336 g/mol. The first-order valence-electron chi connectivity index (χ1n) is 7.38. The number of fused-ring (bicyclic) bond motifs is 1. The number of likely N-dealkylation sites (N-methyl/N-ethyl adjacent to an activating group) is 1. The quantitative estimate of drug-likeness (QED) is 0.695. The van der Waals surface area contributed by atoms with E-state index in [2.05, 4.69) is 0 Å². The highest BCUT2D eigenvalue weighted by Crippen LogP contribution is 2.23. The van der Waals surface area contributed by atoms with Gasteiger partial charge in [0.25, 0.3) is 11.8 Å². The smallest absolute Gasteiger partial charge is 0.328 e. The molecular formula is C15H16N2O6S. The molecule has 2 amide bonds. The highest BCUT2D eigenvalue weighted by atomic mass is 32.2. The van der Waals surface area contributed by atoms with Crippen LogP contribution in [0.2, 0.25) is 0 Å². The molecule has 0 radical (unpaired) electrons. The summed E-state index contributed by atoms with van der Waals surface area (Å²) in [5, 5.41) is 0.451. The van der Waals surface area contributed by atoms with E-state index in [1.807, 2.05) is 0 Å². The summed E-state index contributed by atoms with van der Waals surface area (Å²) in [6.45, 7) is -0.215. The first-order chi connectivity index (χ1) is 11.3. The van der Waals surface area contributed by atoms with Gasteiger partial charge in [0.15, 0.2) is 9.84 Å². The van der Waals surface area contributed by atoms with Crippen LogP contribution in [0.5, 0.6) is 0 Å². The van der Waals surface area contributed by atoms with Crippen LogP contribution in [0.3, 0.4) is 0 Å². The standard InChI is InChI=1S/C15H16N2O6S/c1-16(10-6-7-24(21,22)9-10)8-13(18)23-17-14(19)11-4-2-3-5-12(11)15(17)20/h2-5,10H,6-9H2,1H3. The van der Waals surface area contributed by atoms with Crippen LogP contribution in [0.15, 0.2) is 24.3 Å². The summed E-state index contributed by atoms with van der Waals surface area (Å²) in [4.78, 5) is 42.7. The third-order valence-electron chi connectivity index (χ3n) is 4.16. The predicted octanol–water partition coefficient (Wildman–Crippen LogP) is -0.140. The van der Waals surface area contributed by atoms with E-state index in [1.54, 1.807) is 24.1 Å². The van der Waals surface area contributed by atoms with Gasteiger partial charge in [-0.2, -0.15) is 0 Å². The summed E-state index contributed by atoms with van der Waals surface area (Å²) in [6, 6.07) is 5.93. The molecule has 3 rings (SSSR count). The molecule has 0 spiro atoms. The second-order valence-electron chi connectivity index (χ2n) is 5.89. The number of carbonyl (C=O) groups is 3. The average Bonchev–Trinajstić information content (AvgIpc) is 3.01. The number of nitrogens with zero attached hydrogens (tertiary/aromatic N) is 2. The molecule has 8 nitrogen and oxygen atoms in total. The average molecular weight is 352 g/mol. The van der Waals surface area contributed by atoms with Crippen molar-refractivity contribution >= 4 is 27.6 Å². The van der Waals surface area contributed by atoms with Crippen molar-refractivity contribution in [2.45, 2.75) is 12.5 Å². The Labute approximate surface area is 138 Å². The van der Waals surface area contributed by atoms with Crippen molar-refractivity contribution in [1.29, 1.82) is 0 Å². The fourth-order valence-corrected chi connectivity index (χ4v) is 4.64. The van der Waals surface area contributed by atoms with E-state index in [9.17, 15) is 22.8 Å². The van der Waals surface area contributed by atoms with E-state index in [1.165, 1.54) is 12.1 Å². The summed E-state index contributed by atoms with van der Waals surface area (Å²) in [7, 11) is -1.46. The molecule has 1 fully saturated rings. The number of imide groups is 1. The molecule has 0 saturated carbocycles. The summed E-state index contributed by atoms with van der Waals surface area (Å²) in [6.07, 6.45) is 0.444. The molecule has 1 atom stereocenters. The second kappa shape index (κ2) is 5.99. The van der Waals surface area contributed by atoms with Crippen molar-refractivity contribution in [2.75, 3.05) is 25.1 Å². The van der Waals surface area contributed by atoms with Gasteiger partial charge in [-0.3, -0.25) is 14.5 Å². The first-order valence-corrected chi connectivity index (χ1v) is 9.20. The molecule has 0 aliphatic carbocycles. The summed E-state index contributed by atoms with van der Waals surface area (Å²) >= 11 is 0. The number of benzene rings is 1. The lowest BCUT2D eigenvalue weighted by atomic mass is 10.1. The van der Waals surface area contributed by atoms with Crippen LogP contribution >= 0.6 is 0 Å². The Morgan fingerprint density at radius 3 is 2.33 bits per heavy atom. The first kappa shape index (κ1) is 16.6. The topological polar surface area (TPSA) is 101 Å². The van der Waals surface area contributed by atoms with Crippen LogP contribution in [-0.2, 0) is 19.5 Å². The molecule has 128 valence electrons. The lowest BCUT2D eigenvalue weighted by molar-refractivity contribution is -0.169. The zero-order chi connectivity index (χ0) is 17.5. The van der Waals surface area contributed by atoms with Crippen LogP contribution in [-0.4, -0.2) is 67.3 Å². The van der Waals surface area contributed by atoms with Gasteiger partial charge in [-0.1, -0.05) is 17.2 Å². The monoisotopic (exact) mass is 352 g/mol. The van der Waals surface area contributed by atoms with E-state index >= 15 is 0 Å². The van der Waals surface area contributed by atoms with Crippen molar-refractivity contribution < 1.29 is 27.6 Å². The van der Waals surface area contributed by atoms with Gasteiger partial charge in [0.05, 0.1) is 29.2 Å². The number of amides is 2. The zero-order valence-corrected chi connectivity index (χ0v) is 13.8. The normalized spacial score (nSPS) is 22.1. The third-order valence-corrected chi connectivity index (χ3v) is 5.91. The van der Waals surface area contributed by atoms with Crippen LogP contribution < -0.4 is 0 Å². The van der Waals surface area contributed by atoms with Crippen molar-refractivity contribution in [1.82, 2.24) is 9.96 Å².